The van der Waals surface area contributed by atoms with Crippen LogP contribution in [0, 0.1) is 5.92 Å². The second kappa shape index (κ2) is 6.16. The van der Waals surface area contributed by atoms with Gasteiger partial charge >= 0.3 is 0 Å². The third-order valence-corrected chi connectivity index (χ3v) is 6.04. The maximum atomic E-state index is 12.5. The largest absolute Gasteiger partial charge is 0.344 e. The van der Waals surface area contributed by atoms with Gasteiger partial charge in [0.15, 0.2) is 5.13 Å². The normalized spacial score (nSPS) is 23.4. The Labute approximate surface area is 143 Å². The first-order chi connectivity index (χ1) is 11.6. The minimum atomic E-state index is -0.384. The van der Waals surface area contributed by atoms with Gasteiger partial charge in [0.1, 0.15) is 6.04 Å². The summed E-state index contributed by atoms with van der Waals surface area (Å²) in [6.07, 6.45) is 4.75. The van der Waals surface area contributed by atoms with E-state index in [1.165, 1.54) is 11.3 Å². The van der Waals surface area contributed by atoms with Crippen LogP contribution in [0.15, 0.2) is 0 Å². The van der Waals surface area contributed by atoms with E-state index in [0.717, 1.165) is 29.8 Å². The Hall–Kier alpha value is -1.96. The minimum Gasteiger partial charge on any atom is -0.344 e. The van der Waals surface area contributed by atoms with Crippen molar-refractivity contribution in [2.45, 2.75) is 51.1 Å². The molecule has 2 N–H and O–H groups in total. The summed E-state index contributed by atoms with van der Waals surface area (Å²) in [7, 11) is 0. The molecule has 1 aliphatic carbocycles. The van der Waals surface area contributed by atoms with Crippen LogP contribution >= 0.6 is 11.3 Å². The van der Waals surface area contributed by atoms with Crippen LogP contribution in [0.1, 0.15) is 42.7 Å². The summed E-state index contributed by atoms with van der Waals surface area (Å²) in [6.45, 7) is 1.12. The lowest BCUT2D eigenvalue weighted by atomic mass is 9.85. The average Bonchev–Trinajstić information content (AvgIpc) is 3.09. The smallest absolute Gasteiger partial charge is 0.245 e. The number of carbonyl (C=O) groups excluding carboxylic acids is 3. The van der Waals surface area contributed by atoms with E-state index in [1.807, 2.05) is 0 Å². The van der Waals surface area contributed by atoms with Crippen molar-refractivity contribution in [3.63, 3.8) is 0 Å². The lowest BCUT2D eigenvalue weighted by Gasteiger charge is -2.28. The molecule has 3 amide bonds. The fraction of sp³-hybridized carbons (Fsp3) is 0.625. The lowest BCUT2D eigenvalue weighted by molar-refractivity contribution is -0.135. The molecule has 0 radical (unpaired) electrons. The Bertz CT molecular complexity index is 697. The van der Waals surface area contributed by atoms with E-state index in [1.54, 1.807) is 4.90 Å². The molecule has 1 saturated carbocycles. The van der Waals surface area contributed by atoms with Crippen molar-refractivity contribution in [2.75, 3.05) is 11.9 Å². The molecule has 3 aliphatic rings. The standard InChI is InChI=1S/C16H20N4O3S/c21-13-5-4-11(17-13)15(23)20-7-6-10-12(8-20)24-16(18-10)19-14(22)9-2-1-3-9/h9,11H,1-8H2,(H,17,21)(H,18,19,22). The molecule has 2 fully saturated rings. The van der Waals surface area contributed by atoms with Crippen molar-refractivity contribution >= 4 is 34.2 Å². The number of anilines is 1. The van der Waals surface area contributed by atoms with Gasteiger partial charge in [-0.05, 0) is 19.3 Å². The van der Waals surface area contributed by atoms with E-state index in [4.69, 9.17) is 0 Å². The van der Waals surface area contributed by atoms with Crippen LogP contribution < -0.4 is 10.6 Å². The number of carbonyl (C=O) groups is 3. The second-order valence-corrected chi connectivity index (χ2v) is 7.76. The maximum absolute atomic E-state index is 12.5. The SMILES string of the molecule is O=C1CCC(C(=O)N2CCc3nc(NC(=O)C4CCC4)sc3C2)N1. The molecule has 0 bridgehead atoms. The molecular weight excluding hydrogens is 328 g/mol. The highest BCUT2D eigenvalue weighted by Gasteiger charge is 2.33. The third kappa shape index (κ3) is 2.90. The van der Waals surface area contributed by atoms with Crippen LogP contribution in [0.25, 0.3) is 0 Å². The van der Waals surface area contributed by atoms with Crippen LogP contribution in [-0.4, -0.2) is 40.2 Å². The van der Waals surface area contributed by atoms with E-state index >= 15 is 0 Å². The predicted octanol–water partition coefficient (Wildman–Crippen LogP) is 1.04. The van der Waals surface area contributed by atoms with Crippen LogP contribution in [0.3, 0.4) is 0 Å². The average molecular weight is 348 g/mol. The quantitative estimate of drug-likeness (QED) is 0.854. The zero-order valence-electron chi connectivity index (χ0n) is 13.3. The van der Waals surface area contributed by atoms with Crippen LogP contribution in [0.2, 0.25) is 0 Å². The van der Waals surface area contributed by atoms with Gasteiger partial charge in [0, 0.05) is 30.2 Å². The molecule has 1 aromatic heterocycles. The first kappa shape index (κ1) is 15.6. The van der Waals surface area contributed by atoms with Crippen molar-refractivity contribution in [2.24, 2.45) is 5.92 Å². The van der Waals surface area contributed by atoms with E-state index < -0.39 is 0 Å². The van der Waals surface area contributed by atoms with Crippen molar-refractivity contribution in [3.05, 3.63) is 10.6 Å². The number of aromatic nitrogens is 1. The Kier molecular flexibility index (Phi) is 3.99. The molecule has 0 spiro atoms. The lowest BCUT2D eigenvalue weighted by Crippen LogP contribution is -2.46. The monoisotopic (exact) mass is 348 g/mol. The number of thiazole rings is 1. The summed E-state index contributed by atoms with van der Waals surface area (Å²) in [5, 5.41) is 6.29. The number of hydrogen-bond acceptors (Lipinski definition) is 5. The molecule has 4 rings (SSSR count). The van der Waals surface area contributed by atoms with Gasteiger partial charge in [-0.2, -0.15) is 0 Å². The summed E-state index contributed by atoms with van der Waals surface area (Å²) >= 11 is 1.46. The summed E-state index contributed by atoms with van der Waals surface area (Å²) in [6, 6.07) is -0.384. The molecule has 24 heavy (non-hydrogen) atoms. The Morgan fingerprint density at radius 1 is 1.25 bits per heavy atom. The number of hydrogen-bond donors (Lipinski definition) is 2. The molecule has 1 unspecified atom stereocenters. The topological polar surface area (TPSA) is 91.4 Å². The number of rotatable bonds is 3. The molecule has 1 atom stereocenters. The fourth-order valence-electron chi connectivity index (χ4n) is 3.33. The van der Waals surface area contributed by atoms with E-state index in [2.05, 4.69) is 15.6 Å². The summed E-state index contributed by atoms with van der Waals surface area (Å²) in [4.78, 5) is 43.2. The molecular formula is C16H20N4O3S. The molecule has 128 valence electrons. The number of fused-ring (bicyclic) bond motifs is 1. The Balaban J connectivity index is 1.40. The first-order valence-electron chi connectivity index (χ1n) is 8.48. The van der Waals surface area contributed by atoms with Crippen LogP contribution in [0.5, 0.6) is 0 Å². The molecule has 1 saturated heterocycles. The van der Waals surface area contributed by atoms with E-state index in [0.29, 0.717) is 37.5 Å². The molecule has 3 heterocycles. The predicted molar refractivity (Wildman–Crippen MR) is 88.4 cm³/mol. The van der Waals surface area contributed by atoms with E-state index in [-0.39, 0.29) is 29.7 Å². The molecule has 1 aromatic rings. The second-order valence-electron chi connectivity index (χ2n) is 6.67. The van der Waals surface area contributed by atoms with Gasteiger partial charge in [0.25, 0.3) is 0 Å². The Morgan fingerprint density at radius 3 is 2.75 bits per heavy atom. The van der Waals surface area contributed by atoms with Crippen LogP contribution in [-0.2, 0) is 27.3 Å². The zero-order valence-corrected chi connectivity index (χ0v) is 14.2. The summed E-state index contributed by atoms with van der Waals surface area (Å²) in [5.74, 6) is 0.133. The highest BCUT2D eigenvalue weighted by molar-refractivity contribution is 7.15. The van der Waals surface area contributed by atoms with E-state index in [9.17, 15) is 14.4 Å². The van der Waals surface area contributed by atoms with Crippen LogP contribution in [0.4, 0.5) is 5.13 Å². The third-order valence-electron chi connectivity index (χ3n) is 5.04. The molecule has 2 aliphatic heterocycles. The highest BCUT2D eigenvalue weighted by Crippen LogP contribution is 2.31. The zero-order chi connectivity index (χ0) is 16.7. The van der Waals surface area contributed by atoms with Gasteiger partial charge in [0.05, 0.1) is 12.2 Å². The molecule has 7 nitrogen and oxygen atoms in total. The van der Waals surface area contributed by atoms with Crippen molar-refractivity contribution in [1.29, 1.82) is 0 Å². The maximum Gasteiger partial charge on any atom is 0.245 e. The summed E-state index contributed by atoms with van der Waals surface area (Å²) in [5.41, 5.74) is 0.975. The van der Waals surface area contributed by atoms with Gasteiger partial charge in [-0.3, -0.25) is 14.4 Å². The molecule has 0 aromatic carbocycles. The van der Waals surface area contributed by atoms with Gasteiger partial charge in [-0.25, -0.2) is 4.98 Å². The van der Waals surface area contributed by atoms with Crippen molar-refractivity contribution in [3.8, 4) is 0 Å². The van der Waals surface area contributed by atoms with Gasteiger partial charge in [0.2, 0.25) is 17.7 Å². The fourth-order valence-corrected chi connectivity index (χ4v) is 4.36. The van der Waals surface area contributed by atoms with Gasteiger partial charge < -0.3 is 15.5 Å². The van der Waals surface area contributed by atoms with Gasteiger partial charge in [-0.15, -0.1) is 0 Å². The first-order valence-corrected chi connectivity index (χ1v) is 9.29. The minimum absolute atomic E-state index is 0.0139. The van der Waals surface area contributed by atoms with Crippen molar-refractivity contribution in [1.82, 2.24) is 15.2 Å². The highest BCUT2D eigenvalue weighted by atomic mass is 32.1. The number of nitrogens with one attached hydrogen (secondary N) is 2. The number of amides is 3. The Morgan fingerprint density at radius 2 is 2.08 bits per heavy atom. The number of nitrogens with zero attached hydrogens (tertiary/aromatic N) is 2. The van der Waals surface area contributed by atoms with Gasteiger partial charge in [-0.1, -0.05) is 17.8 Å². The molecule has 8 heteroatoms. The van der Waals surface area contributed by atoms with Crippen molar-refractivity contribution < 1.29 is 14.4 Å². The summed E-state index contributed by atoms with van der Waals surface area (Å²) < 4.78 is 0.